The number of carbonyl (C=O) groups excluding carboxylic acids is 1. The van der Waals surface area contributed by atoms with E-state index in [-0.39, 0.29) is 40.2 Å². The fraction of sp³-hybridized carbons (Fsp3) is 0.350. The van der Waals surface area contributed by atoms with Gasteiger partial charge >= 0.3 is 0 Å². The molecule has 0 saturated carbocycles. The van der Waals surface area contributed by atoms with Gasteiger partial charge in [0.15, 0.2) is 22.4 Å². The Labute approximate surface area is 188 Å². The number of furan rings is 1. The Balaban J connectivity index is 1.71. The molecule has 0 bridgehead atoms. The van der Waals surface area contributed by atoms with Gasteiger partial charge in [-0.05, 0) is 31.0 Å². The summed E-state index contributed by atoms with van der Waals surface area (Å²) in [7, 11) is 0. The number of anilines is 1. The summed E-state index contributed by atoms with van der Waals surface area (Å²) in [4.78, 5) is 24.0. The number of carbonyl (C=O) groups is 1. The predicted molar refractivity (Wildman–Crippen MR) is 119 cm³/mol. The van der Waals surface area contributed by atoms with E-state index >= 15 is 0 Å². The Kier molecular flexibility index (Phi) is 5.25. The topological polar surface area (TPSA) is 154 Å². The highest BCUT2D eigenvalue weighted by Gasteiger charge is 2.36. The van der Waals surface area contributed by atoms with Gasteiger partial charge in [0, 0.05) is 23.6 Å². The summed E-state index contributed by atoms with van der Waals surface area (Å²) in [5.41, 5.74) is 9.53. The maximum atomic E-state index is 13.1. The zero-order chi connectivity index (χ0) is 23.2. The smallest absolute Gasteiger partial charge is 0.296 e. The van der Waals surface area contributed by atoms with E-state index in [2.05, 4.69) is 29.7 Å². The van der Waals surface area contributed by atoms with E-state index in [1.54, 1.807) is 6.92 Å². The number of hydrogen-bond acceptors (Lipinski definition) is 8. The molecule has 12 heteroatoms. The third-order valence-electron chi connectivity index (χ3n) is 5.24. The Bertz CT molecular complexity index is 1190. The Morgan fingerprint density at radius 3 is 2.62 bits per heavy atom. The molecule has 1 aromatic heterocycles. The number of nitro benzene ring substituents is 1. The maximum Gasteiger partial charge on any atom is 0.296 e. The Morgan fingerprint density at radius 2 is 1.97 bits per heavy atom. The second-order valence-corrected chi connectivity index (χ2v) is 8.78. The van der Waals surface area contributed by atoms with E-state index in [9.17, 15) is 14.9 Å². The Morgan fingerprint density at radius 1 is 1.28 bits per heavy atom. The first kappa shape index (κ1) is 21.6. The van der Waals surface area contributed by atoms with E-state index < -0.39 is 10.8 Å². The van der Waals surface area contributed by atoms with E-state index in [1.165, 1.54) is 12.1 Å². The molecule has 2 aromatic rings. The van der Waals surface area contributed by atoms with Gasteiger partial charge in [-0.15, -0.1) is 0 Å². The average Bonchev–Trinajstić information content (AvgIpc) is 3.28. The summed E-state index contributed by atoms with van der Waals surface area (Å²) in [5.74, 6) is 0.572. The molecule has 0 unspecified atom stereocenters. The number of fused-ring (bicyclic) bond motifs is 2. The molecule has 0 fully saturated rings. The van der Waals surface area contributed by atoms with Gasteiger partial charge in [0.1, 0.15) is 11.4 Å². The second kappa shape index (κ2) is 7.79. The summed E-state index contributed by atoms with van der Waals surface area (Å²) in [6, 6.07) is 2.57. The van der Waals surface area contributed by atoms with Crippen LogP contribution in [0.1, 0.15) is 47.7 Å². The molecule has 1 aliphatic carbocycles. The minimum absolute atomic E-state index is 0.0247. The zero-order valence-corrected chi connectivity index (χ0v) is 18.4. The minimum Gasteiger partial charge on any atom is -0.455 e. The SMILES string of the molecule is Cc1c(C(=O)Nc2cc3c(cc2[N+](=O)[O-])OCO3)oc2c1/C(=N\NC(N)=S)CC(C)(C)C2. The summed E-state index contributed by atoms with van der Waals surface area (Å²) in [6.07, 6.45) is 1.21. The molecule has 11 nitrogen and oxygen atoms in total. The lowest BCUT2D eigenvalue weighted by atomic mass is 9.75. The number of thiocarbonyl (C=S) groups is 1. The van der Waals surface area contributed by atoms with Crippen LogP contribution in [0.3, 0.4) is 0 Å². The summed E-state index contributed by atoms with van der Waals surface area (Å²) >= 11 is 4.84. The van der Waals surface area contributed by atoms with E-state index in [0.717, 1.165) is 0 Å². The van der Waals surface area contributed by atoms with Crippen LogP contribution in [0.2, 0.25) is 0 Å². The normalized spacial score (nSPS) is 17.0. The van der Waals surface area contributed by atoms with Crippen LogP contribution in [0.4, 0.5) is 11.4 Å². The van der Waals surface area contributed by atoms with Crippen molar-refractivity contribution < 1.29 is 23.6 Å². The molecule has 0 saturated heterocycles. The quantitative estimate of drug-likeness (QED) is 0.355. The molecule has 32 heavy (non-hydrogen) atoms. The van der Waals surface area contributed by atoms with Crippen LogP contribution < -0.4 is 25.9 Å². The number of nitrogens with two attached hydrogens (primary N) is 1. The van der Waals surface area contributed by atoms with Gasteiger partial charge in [0.25, 0.3) is 11.6 Å². The van der Waals surface area contributed by atoms with Crippen molar-refractivity contribution in [2.75, 3.05) is 12.1 Å². The molecule has 0 atom stereocenters. The Hall–Kier alpha value is -3.67. The monoisotopic (exact) mass is 459 g/mol. The lowest BCUT2D eigenvalue weighted by Gasteiger charge is -2.29. The lowest BCUT2D eigenvalue weighted by molar-refractivity contribution is -0.384. The van der Waals surface area contributed by atoms with Crippen LogP contribution in [0.15, 0.2) is 21.7 Å². The lowest BCUT2D eigenvalue weighted by Crippen LogP contribution is -2.31. The average molecular weight is 459 g/mol. The molecule has 4 N–H and O–H groups in total. The van der Waals surface area contributed by atoms with Crippen LogP contribution in [-0.2, 0) is 6.42 Å². The number of benzene rings is 1. The molecule has 0 spiro atoms. The number of amides is 1. The number of nitrogens with one attached hydrogen (secondary N) is 2. The fourth-order valence-electron chi connectivity index (χ4n) is 3.91. The van der Waals surface area contributed by atoms with Gasteiger partial charge in [-0.1, -0.05) is 13.8 Å². The van der Waals surface area contributed by atoms with Gasteiger partial charge in [0.2, 0.25) is 6.79 Å². The zero-order valence-electron chi connectivity index (χ0n) is 17.6. The molecule has 2 heterocycles. The van der Waals surface area contributed by atoms with E-state index in [4.69, 9.17) is 31.8 Å². The number of ether oxygens (including phenoxy) is 2. The van der Waals surface area contributed by atoms with Gasteiger partial charge in [-0.3, -0.25) is 20.3 Å². The van der Waals surface area contributed by atoms with Crippen molar-refractivity contribution in [2.24, 2.45) is 16.3 Å². The molecule has 1 aliphatic heterocycles. The van der Waals surface area contributed by atoms with E-state index in [0.29, 0.717) is 41.2 Å². The van der Waals surface area contributed by atoms with E-state index in [1.807, 2.05) is 0 Å². The van der Waals surface area contributed by atoms with Crippen molar-refractivity contribution in [3.8, 4) is 11.5 Å². The van der Waals surface area contributed by atoms with Crippen molar-refractivity contribution in [3.63, 3.8) is 0 Å². The maximum absolute atomic E-state index is 13.1. The van der Waals surface area contributed by atoms with Crippen molar-refractivity contribution in [1.82, 2.24) is 5.43 Å². The first-order chi connectivity index (χ1) is 15.1. The van der Waals surface area contributed by atoms with Gasteiger partial charge in [0.05, 0.1) is 16.7 Å². The molecule has 0 radical (unpaired) electrons. The van der Waals surface area contributed by atoms with Crippen LogP contribution in [0.25, 0.3) is 0 Å². The van der Waals surface area contributed by atoms with Crippen molar-refractivity contribution in [3.05, 3.63) is 44.9 Å². The molecule has 2 aliphatic rings. The predicted octanol–water partition coefficient (Wildman–Crippen LogP) is 2.99. The fourth-order valence-corrected chi connectivity index (χ4v) is 3.96. The third-order valence-corrected chi connectivity index (χ3v) is 5.33. The number of rotatable bonds is 4. The van der Waals surface area contributed by atoms with Crippen molar-refractivity contribution in [2.45, 2.75) is 33.6 Å². The molecule has 4 rings (SSSR count). The largest absolute Gasteiger partial charge is 0.455 e. The second-order valence-electron chi connectivity index (χ2n) is 8.34. The molecule has 168 valence electrons. The van der Waals surface area contributed by atoms with Crippen LogP contribution in [0.5, 0.6) is 11.5 Å². The molecular formula is C20H21N5O6S. The van der Waals surface area contributed by atoms with Gasteiger partial charge < -0.3 is 24.9 Å². The van der Waals surface area contributed by atoms with Crippen LogP contribution in [-0.4, -0.2) is 28.4 Å². The first-order valence-electron chi connectivity index (χ1n) is 9.70. The number of hydrogen-bond donors (Lipinski definition) is 3. The molecular weight excluding hydrogens is 438 g/mol. The standard InChI is InChI=1S/C20H21N5O6S/c1-9-16-11(23-24-19(21)32)6-20(2,3)7-15(16)31-17(9)18(26)22-10-4-13-14(30-8-29-13)5-12(10)25(27)28/h4-5H,6-8H2,1-3H3,(H,22,26)(H3,21,24,32)/b23-11-. The van der Waals surface area contributed by atoms with Crippen LogP contribution >= 0.6 is 12.2 Å². The number of nitrogens with zero attached hydrogens (tertiary/aromatic N) is 2. The summed E-state index contributed by atoms with van der Waals surface area (Å²) in [6.45, 7) is 5.80. The third kappa shape index (κ3) is 3.96. The van der Waals surface area contributed by atoms with Gasteiger partial charge in [-0.2, -0.15) is 5.10 Å². The minimum atomic E-state index is -0.627. The summed E-state index contributed by atoms with van der Waals surface area (Å²) < 4.78 is 16.4. The van der Waals surface area contributed by atoms with Gasteiger partial charge in [-0.25, -0.2) is 0 Å². The first-order valence-corrected chi connectivity index (χ1v) is 10.1. The summed E-state index contributed by atoms with van der Waals surface area (Å²) in [5, 5.41) is 18.4. The number of nitro groups is 1. The molecule has 1 amide bonds. The highest BCUT2D eigenvalue weighted by atomic mass is 32.1. The van der Waals surface area contributed by atoms with Crippen molar-refractivity contribution in [1.29, 1.82) is 0 Å². The van der Waals surface area contributed by atoms with Crippen LogP contribution in [0, 0.1) is 22.5 Å². The number of hydrazone groups is 1. The molecule has 1 aromatic carbocycles. The highest BCUT2D eigenvalue weighted by Crippen LogP contribution is 2.42. The highest BCUT2D eigenvalue weighted by molar-refractivity contribution is 7.80. The van der Waals surface area contributed by atoms with Crippen molar-refractivity contribution >= 4 is 40.3 Å².